The highest BCUT2D eigenvalue weighted by atomic mass is 32.2. The molecule has 0 spiro atoms. The molecule has 1 aromatic heterocycles. The summed E-state index contributed by atoms with van der Waals surface area (Å²) >= 11 is 1.51. The van der Waals surface area contributed by atoms with Crippen molar-refractivity contribution in [2.45, 2.75) is 34.2 Å². The van der Waals surface area contributed by atoms with Crippen molar-refractivity contribution in [3.8, 4) is 0 Å². The first-order valence-electron chi connectivity index (χ1n) is 6.53. The monoisotopic (exact) mass is 322 g/mol. The second-order valence-electron chi connectivity index (χ2n) is 4.99. The number of nitrogens with two attached hydrogens (primary N) is 1. The van der Waals surface area contributed by atoms with Crippen LogP contribution in [0.3, 0.4) is 0 Å². The lowest BCUT2D eigenvalue weighted by atomic mass is 10.1. The predicted molar refractivity (Wildman–Crippen MR) is 85.3 cm³/mol. The summed E-state index contributed by atoms with van der Waals surface area (Å²) in [5, 5.41) is 0.905. The number of sulfone groups is 1. The molecule has 0 radical (unpaired) electrons. The number of nitrogens with zero attached hydrogens (tertiary/aromatic N) is 1. The fraction of sp³-hybridized carbons (Fsp3) is 0.267. The van der Waals surface area contributed by atoms with Gasteiger partial charge < -0.3 is 5.73 Å². The van der Waals surface area contributed by atoms with Crippen LogP contribution in [-0.4, -0.2) is 25.7 Å². The minimum Gasteiger partial charge on any atom is -0.328 e. The molecule has 0 fully saturated rings. The van der Waals surface area contributed by atoms with Gasteiger partial charge in [0.2, 0.25) is 0 Å². The third kappa shape index (κ3) is 4.56. The molecule has 21 heavy (non-hydrogen) atoms. The quantitative estimate of drug-likeness (QED) is 0.915. The molecule has 0 amide bonds. The summed E-state index contributed by atoms with van der Waals surface area (Å²) in [7, 11) is -3.16. The lowest BCUT2D eigenvalue weighted by Crippen LogP contribution is -2.18. The SMILES string of the molecule is CC(N)Cc1cccnc1Sc1ccc(S(C)(=O)=O)cc1. The zero-order valence-electron chi connectivity index (χ0n) is 12.0. The Morgan fingerprint density at radius 3 is 2.48 bits per heavy atom. The Bertz CT molecular complexity index is 711. The largest absolute Gasteiger partial charge is 0.328 e. The van der Waals surface area contributed by atoms with Crippen molar-refractivity contribution < 1.29 is 8.42 Å². The van der Waals surface area contributed by atoms with Crippen LogP contribution in [-0.2, 0) is 16.3 Å². The molecule has 0 bridgehead atoms. The molecule has 0 aliphatic rings. The highest BCUT2D eigenvalue weighted by Crippen LogP contribution is 2.29. The molecule has 0 aliphatic carbocycles. The Balaban J connectivity index is 2.22. The van der Waals surface area contributed by atoms with Crippen molar-refractivity contribution in [2.75, 3.05) is 6.26 Å². The fourth-order valence-corrected chi connectivity index (χ4v) is 3.41. The van der Waals surface area contributed by atoms with E-state index >= 15 is 0 Å². The number of aromatic nitrogens is 1. The van der Waals surface area contributed by atoms with Crippen molar-refractivity contribution in [2.24, 2.45) is 5.73 Å². The van der Waals surface area contributed by atoms with Crippen LogP contribution >= 0.6 is 11.8 Å². The molecule has 4 nitrogen and oxygen atoms in total. The topological polar surface area (TPSA) is 73.0 Å². The molecule has 2 aromatic rings. The molecule has 6 heteroatoms. The van der Waals surface area contributed by atoms with Gasteiger partial charge in [0.15, 0.2) is 9.84 Å². The predicted octanol–water partition coefficient (Wildman–Crippen LogP) is 2.53. The number of hydrogen-bond donors (Lipinski definition) is 1. The third-order valence-corrected chi connectivity index (χ3v) is 5.06. The van der Waals surface area contributed by atoms with Gasteiger partial charge in [0.1, 0.15) is 5.03 Å². The van der Waals surface area contributed by atoms with Crippen LogP contribution in [0.4, 0.5) is 0 Å². The van der Waals surface area contributed by atoms with Gasteiger partial charge >= 0.3 is 0 Å². The van der Waals surface area contributed by atoms with E-state index in [2.05, 4.69) is 4.98 Å². The summed E-state index contributed by atoms with van der Waals surface area (Å²) in [5.41, 5.74) is 6.95. The number of benzene rings is 1. The van der Waals surface area contributed by atoms with E-state index < -0.39 is 9.84 Å². The van der Waals surface area contributed by atoms with Crippen LogP contribution in [0.2, 0.25) is 0 Å². The smallest absolute Gasteiger partial charge is 0.175 e. The van der Waals surface area contributed by atoms with Gasteiger partial charge in [-0.05, 0) is 49.2 Å². The van der Waals surface area contributed by atoms with E-state index in [1.165, 1.54) is 18.0 Å². The first kappa shape index (κ1) is 16.0. The zero-order chi connectivity index (χ0) is 15.5. The molecule has 0 saturated heterocycles. The summed E-state index contributed by atoms with van der Waals surface area (Å²) in [6, 6.07) is 10.8. The third-order valence-electron chi connectivity index (χ3n) is 2.86. The molecule has 0 aliphatic heterocycles. The standard InChI is InChI=1S/C15H18N2O2S2/c1-11(16)10-12-4-3-9-17-15(12)20-13-5-7-14(8-6-13)21(2,18)19/h3-9,11H,10,16H2,1-2H3. The van der Waals surface area contributed by atoms with Gasteiger partial charge in [-0.15, -0.1) is 0 Å². The van der Waals surface area contributed by atoms with Gasteiger partial charge in [0, 0.05) is 23.4 Å². The van der Waals surface area contributed by atoms with Crippen molar-refractivity contribution in [1.29, 1.82) is 0 Å². The van der Waals surface area contributed by atoms with E-state index in [0.29, 0.717) is 4.90 Å². The minimum atomic E-state index is -3.16. The summed E-state index contributed by atoms with van der Waals surface area (Å²) in [6.07, 6.45) is 3.71. The zero-order valence-corrected chi connectivity index (χ0v) is 13.6. The van der Waals surface area contributed by atoms with Crippen LogP contribution in [0.1, 0.15) is 12.5 Å². The Kier molecular flexibility index (Phi) is 5.03. The lowest BCUT2D eigenvalue weighted by Gasteiger charge is -2.10. The average molecular weight is 322 g/mol. The summed E-state index contributed by atoms with van der Waals surface area (Å²) < 4.78 is 22.9. The molecule has 2 N–H and O–H groups in total. The Morgan fingerprint density at radius 1 is 1.24 bits per heavy atom. The van der Waals surface area contributed by atoms with Crippen molar-refractivity contribution in [3.05, 3.63) is 48.2 Å². The van der Waals surface area contributed by atoms with E-state index in [1.54, 1.807) is 30.5 Å². The summed E-state index contributed by atoms with van der Waals surface area (Å²) in [5.74, 6) is 0. The van der Waals surface area contributed by atoms with Crippen molar-refractivity contribution in [1.82, 2.24) is 4.98 Å². The van der Waals surface area contributed by atoms with Crippen molar-refractivity contribution >= 4 is 21.6 Å². The van der Waals surface area contributed by atoms with Gasteiger partial charge in [-0.3, -0.25) is 0 Å². The number of rotatable bonds is 5. The Hall–Kier alpha value is -1.37. The second-order valence-corrected chi connectivity index (χ2v) is 8.07. The van der Waals surface area contributed by atoms with Gasteiger partial charge in [0.05, 0.1) is 4.90 Å². The van der Waals surface area contributed by atoms with E-state index in [4.69, 9.17) is 5.73 Å². The number of pyridine rings is 1. The second kappa shape index (κ2) is 6.60. The van der Waals surface area contributed by atoms with Crippen LogP contribution in [0.15, 0.2) is 57.4 Å². The van der Waals surface area contributed by atoms with Gasteiger partial charge in [-0.1, -0.05) is 17.8 Å². The molecule has 2 rings (SSSR count). The molecule has 112 valence electrons. The fourth-order valence-electron chi connectivity index (χ4n) is 1.88. The number of hydrogen-bond acceptors (Lipinski definition) is 5. The van der Waals surface area contributed by atoms with Crippen LogP contribution in [0.25, 0.3) is 0 Å². The van der Waals surface area contributed by atoms with Crippen molar-refractivity contribution in [3.63, 3.8) is 0 Å². The highest BCUT2D eigenvalue weighted by Gasteiger charge is 2.10. The molecule has 1 atom stereocenters. The summed E-state index contributed by atoms with van der Waals surface area (Å²) in [4.78, 5) is 5.66. The normalized spacial score (nSPS) is 13.1. The first-order chi connectivity index (χ1) is 9.86. The average Bonchev–Trinajstić information content (AvgIpc) is 2.40. The van der Waals surface area contributed by atoms with E-state index in [1.807, 2.05) is 19.1 Å². The Morgan fingerprint density at radius 2 is 1.90 bits per heavy atom. The van der Waals surface area contributed by atoms with E-state index in [0.717, 1.165) is 21.9 Å². The van der Waals surface area contributed by atoms with Gasteiger partial charge in [-0.2, -0.15) is 0 Å². The van der Waals surface area contributed by atoms with Crippen LogP contribution < -0.4 is 5.73 Å². The van der Waals surface area contributed by atoms with Gasteiger partial charge in [-0.25, -0.2) is 13.4 Å². The molecular weight excluding hydrogens is 304 g/mol. The maximum atomic E-state index is 11.4. The van der Waals surface area contributed by atoms with Crippen LogP contribution in [0, 0.1) is 0 Å². The van der Waals surface area contributed by atoms with E-state index in [9.17, 15) is 8.42 Å². The van der Waals surface area contributed by atoms with E-state index in [-0.39, 0.29) is 6.04 Å². The highest BCUT2D eigenvalue weighted by molar-refractivity contribution is 7.99. The van der Waals surface area contributed by atoms with Gasteiger partial charge in [0.25, 0.3) is 0 Å². The lowest BCUT2D eigenvalue weighted by molar-refractivity contribution is 0.602. The molecule has 1 aromatic carbocycles. The molecule has 1 heterocycles. The maximum absolute atomic E-state index is 11.4. The molecule has 0 saturated carbocycles. The Labute approximate surface area is 129 Å². The first-order valence-corrected chi connectivity index (χ1v) is 9.24. The molecular formula is C15H18N2O2S2. The maximum Gasteiger partial charge on any atom is 0.175 e. The summed E-state index contributed by atoms with van der Waals surface area (Å²) in [6.45, 7) is 1.96. The minimum absolute atomic E-state index is 0.0705. The van der Waals surface area contributed by atoms with Crippen LogP contribution in [0.5, 0.6) is 0 Å². The molecule has 1 unspecified atom stereocenters.